The van der Waals surface area contributed by atoms with Gasteiger partial charge in [-0.3, -0.25) is 4.90 Å². The molecule has 0 unspecified atom stereocenters. The largest absolute Gasteiger partial charge is 0.369 e. The number of para-hydroxylation sites is 1. The third kappa shape index (κ3) is 5.14. The Bertz CT molecular complexity index is 513. The highest BCUT2D eigenvalue weighted by Gasteiger charge is 2.27. The second-order valence-corrected chi connectivity index (χ2v) is 8.33. The molecule has 0 bridgehead atoms. The molecule has 1 heterocycles. The van der Waals surface area contributed by atoms with Gasteiger partial charge in [-0.05, 0) is 49.1 Å². The lowest BCUT2D eigenvalue weighted by atomic mass is 9.85. The summed E-state index contributed by atoms with van der Waals surface area (Å²) < 4.78 is 0. The van der Waals surface area contributed by atoms with Crippen molar-refractivity contribution in [2.45, 2.75) is 63.7 Å². The van der Waals surface area contributed by atoms with Gasteiger partial charge in [0, 0.05) is 38.4 Å². The van der Waals surface area contributed by atoms with E-state index in [-0.39, 0.29) is 12.4 Å². The molecule has 3 aliphatic rings. The summed E-state index contributed by atoms with van der Waals surface area (Å²) in [6, 6.07) is 9.34. The van der Waals surface area contributed by atoms with E-state index in [9.17, 15) is 0 Å². The average molecular weight is 363 g/mol. The first-order chi connectivity index (χ1) is 11.9. The van der Waals surface area contributed by atoms with Crippen LogP contribution in [0.25, 0.3) is 0 Å². The van der Waals surface area contributed by atoms with Crippen LogP contribution < -0.4 is 4.90 Å². The van der Waals surface area contributed by atoms with Gasteiger partial charge in [-0.25, -0.2) is 0 Å². The standard InChI is InChI=1S/C22H34N2.ClH/c1-2-4-8-20(9-5-3-1)21-10-6-7-11-22(21)24-16-14-23(15-17-24)18-19-12-13-19;/h6-7,10-11,19-20H,1-5,8-9,12-18H2;1H. The van der Waals surface area contributed by atoms with E-state index in [2.05, 4.69) is 34.1 Å². The lowest BCUT2D eigenvalue weighted by molar-refractivity contribution is 0.248. The van der Waals surface area contributed by atoms with Crippen LogP contribution in [-0.4, -0.2) is 37.6 Å². The fraction of sp³-hybridized carbons (Fsp3) is 0.727. The highest BCUT2D eigenvalue weighted by Crippen LogP contribution is 2.37. The maximum absolute atomic E-state index is 2.70. The van der Waals surface area contributed by atoms with Crippen molar-refractivity contribution in [2.24, 2.45) is 5.92 Å². The summed E-state index contributed by atoms with van der Waals surface area (Å²) >= 11 is 0. The van der Waals surface area contributed by atoms with Gasteiger partial charge in [-0.2, -0.15) is 0 Å². The Morgan fingerprint density at radius 1 is 0.760 bits per heavy atom. The topological polar surface area (TPSA) is 6.48 Å². The van der Waals surface area contributed by atoms with Crippen LogP contribution in [0.2, 0.25) is 0 Å². The van der Waals surface area contributed by atoms with E-state index in [1.165, 1.54) is 90.5 Å². The fourth-order valence-electron chi connectivity index (χ4n) is 4.72. The summed E-state index contributed by atoms with van der Waals surface area (Å²) in [4.78, 5) is 5.38. The molecule has 0 N–H and O–H groups in total. The lowest BCUT2D eigenvalue weighted by Gasteiger charge is -2.38. The van der Waals surface area contributed by atoms with Crippen LogP contribution in [0.3, 0.4) is 0 Å². The molecule has 0 radical (unpaired) electrons. The molecule has 2 saturated carbocycles. The van der Waals surface area contributed by atoms with Crippen LogP contribution in [0.5, 0.6) is 0 Å². The molecule has 3 fully saturated rings. The summed E-state index contributed by atoms with van der Waals surface area (Å²) in [6.07, 6.45) is 12.9. The van der Waals surface area contributed by atoms with E-state index in [0.717, 1.165) is 11.8 Å². The number of benzene rings is 1. The van der Waals surface area contributed by atoms with Crippen molar-refractivity contribution in [3.63, 3.8) is 0 Å². The highest BCUT2D eigenvalue weighted by molar-refractivity contribution is 5.85. The van der Waals surface area contributed by atoms with Gasteiger partial charge in [0.25, 0.3) is 0 Å². The summed E-state index contributed by atoms with van der Waals surface area (Å²) in [5.74, 6) is 1.82. The first-order valence-electron chi connectivity index (χ1n) is 10.5. The number of hydrogen-bond donors (Lipinski definition) is 0. The second-order valence-electron chi connectivity index (χ2n) is 8.33. The van der Waals surface area contributed by atoms with Crippen molar-refractivity contribution in [3.05, 3.63) is 29.8 Å². The SMILES string of the molecule is Cl.c1ccc(N2CCN(CC3CC3)CC2)c(C2CCCCCCC2)c1. The van der Waals surface area contributed by atoms with Gasteiger partial charge in [0.1, 0.15) is 0 Å². The molecule has 3 heteroatoms. The Morgan fingerprint density at radius 3 is 2.08 bits per heavy atom. The van der Waals surface area contributed by atoms with Crippen LogP contribution >= 0.6 is 12.4 Å². The molecule has 0 spiro atoms. The first kappa shape index (κ1) is 19.0. The number of rotatable bonds is 4. The predicted molar refractivity (Wildman–Crippen MR) is 110 cm³/mol. The Balaban J connectivity index is 0.00000182. The van der Waals surface area contributed by atoms with Gasteiger partial charge in [-0.1, -0.05) is 50.3 Å². The maximum Gasteiger partial charge on any atom is 0.0402 e. The van der Waals surface area contributed by atoms with E-state index >= 15 is 0 Å². The monoisotopic (exact) mass is 362 g/mol. The minimum atomic E-state index is 0. The Labute approximate surface area is 160 Å². The summed E-state index contributed by atoms with van der Waals surface area (Å²) in [5, 5.41) is 0. The van der Waals surface area contributed by atoms with Gasteiger partial charge in [0.2, 0.25) is 0 Å². The molecule has 4 rings (SSSR count). The van der Waals surface area contributed by atoms with Crippen LogP contribution in [0.4, 0.5) is 5.69 Å². The maximum atomic E-state index is 2.70. The average Bonchev–Trinajstić information content (AvgIpc) is 3.40. The van der Waals surface area contributed by atoms with E-state index in [1.54, 1.807) is 11.3 Å². The Morgan fingerprint density at radius 2 is 1.40 bits per heavy atom. The van der Waals surface area contributed by atoms with E-state index in [1.807, 2.05) is 0 Å². The highest BCUT2D eigenvalue weighted by atomic mass is 35.5. The molecule has 0 aromatic heterocycles. The second kappa shape index (κ2) is 9.28. The number of nitrogens with zero attached hydrogens (tertiary/aromatic N) is 2. The Kier molecular flexibility index (Phi) is 7.07. The van der Waals surface area contributed by atoms with E-state index < -0.39 is 0 Å². The van der Waals surface area contributed by atoms with Crippen molar-refractivity contribution >= 4 is 18.1 Å². The van der Waals surface area contributed by atoms with E-state index in [0.29, 0.717) is 0 Å². The molecule has 1 saturated heterocycles. The van der Waals surface area contributed by atoms with Gasteiger partial charge in [0.05, 0.1) is 0 Å². The Hall–Kier alpha value is -0.730. The fourth-order valence-corrected chi connectivity index (χ4v) is 4.72. The van der Waals surface area contributed by atoms with Gasteiger partial charge >= 0.3 is 0 Å². The molecule has 0 amide bonds. The third-order valence-corrected chi connectivity index (χ3v) is 6.41. The quantitative estimate of drug-likeness (QED) is 0.700. The summed E-state index contributed by atoms with van der Waals surface area (Å²) in [5.41, 5.74) is 3.20. The van der Waals surface area contributed by atoms with Gasteiger partial charge < -0.3 is 4.90 Å². The van der Waals surface area contributed by atoms with Crippen molar-refractivity contribution in [1.29, 1.82) is 0 Å². The first-order valence-corrected chi connectivity index (χ1v) is 10.5. The normalized spacial score (nSPS) is 23.6. The third-order valence-electron chi connectivity index (χ3n) is 6.41. The van der Waals surface area contributed by atoms with Crippen molar-refractivity contribution in [2.75, 3.05) is 37.6 Å². The molecular weight excluding hydrogens is 328 g/mol. The minimum absolute atomic E-state index is 0. The van der Waals surface area contributed by atoms with Crippen LogP contribution in [0, 0.1) is 5.92 Å². The zero-order valence-electron chi connectivity index (χ0n) is 15.7. The molecule has 1 aromatic carbocycles. The number of halogens is 1. The summed E-state index contributed by atoms with van der Waals surface area (Å²) in [7, 11) is 0. The predicted octanol–water partition coefficient (Wildman–Crippen LogP) is 5.47. The number of piperazine rings is 1. The van der Waals surface area contributed by atoms with Crippen LogP contribution in [-0.2, 0) is 0 Å². The molecule has 25 heavy (non-hydrogen) atoms. The molecule has 0 atom stereocenters. The molecule has 2 aliphatic carbocycles. The van der Waals surface area contributed by atoms with Crippen molar-refractivity contribution < 1.29 is 0 Å². The van der Waals surface area contributed by atoms with Crippen LogP contribution in [0.1, 0.15) is 69.3 Å². The molecular formula is C22H35ClN2. The number of anilines is 1. The van der Waals surface area contributed by atoms with Crippen molar-refractivity contribution in [1.82, 2.24) is 4.90 Å². The lowest BCUT2D eigenvalue weighted by Crippen LogP contribution is -2.47. The van der Waals surface area contributed by atoms with Crippen LogP contribution in [0.15, 0.2) is 24.3 Å². The zero-order valence-corrected chi connectivity index (χ0v) is 16.5. The van der Waals surface area contributed by atoms with Crippen molar-refractivity contribution in [3.8, 4) is 0 Å². The molecule has 2 nitrogen and oxygen atoms in total. The summed E-state index contributed by atoms with van der Waals surface area (Å²) in [6.45, 7) is 6.32. The number of hydrogen-bond acceptors (Lipinski definition) is 2. The molecule has 140 valence electrons. The smallest absolute Gasteiger partial charge is 0.0402 e. The minimum Gasteiger partial charge on any atom is -0.369 e. The van der Waals surface area contributed by atoms with Gasteiger partial charge in [-0.15, -0.1) is 12.4 Å². The molecule has 1 aromatic rings. The van der Waals surface area contributed by atoms with Gasteiger partial charge in [0.15, 0.2) is 0 Å². The molecule has 1 aliphatic heterocycles. The zero-order chi connectivity index (χ0) is 16.2. The van der Waals surface area contributed by atoms with E-state index in [4.69, 9.17) is 0 Å².